The van der Waals surface area contributed by atoms with E-state index in [0.29, 0.717) is 11.3 Å². The van der Waals surface area contributed by atoms with Crippen molar-refractivity contribution < 1.29 is 22.4 Å². The summed E-state index contributed by atoms with van der Waals surface area (Å²) in [5.41, 5.74) is 1.43. The summed E-state index contributed by atoms with van der Waals surface area (Å²) in [6.07, 6.45) is 0.119. The summed E-state index contributed by atoms with van der Waals surface area (Å²) in [5, 5.41) is 0. The number of benzene rings is 2. The van der Waals surface area contributed by atoms with E-state index in [0.717, 1.165) is 12.1 Å². The van der Waals surface area contributed by atoms with Crippen molar-refractivity contribution in [2.75, 3.05) is 28.6 Å². The van der Waals surface area contributed by atoms with Crippen LogP contribution in [0.25, 0.3) is 0 Å². The fourth-order valence-corrected chi connectivity index (χ4v) is 3.98. The molecule has 2 aromatic carbocycles. The van der Waals surface area contributed by atoms with Gasteiger partial charge < -0.3 is 9.80 Å². The minimum Gasteiger partial charge on any atom is -0.315 e. The molecule has 0 aliphatic carbocycles. The van der Waals surface area contributed by atoms with Gasteiger partial charge >= 0.3 is 0 Å². The number of rotatable bonds is 4. The van der Waals surface area contributed by atoms with Gasteiger partial charge in [-0.05, 0) is 35.9 Å². The van der Waals surface area contributed by atoms with E-state index in [2.05, 4.69) is 4.72 Å². The van der Waals surface area contributed by atoms with Crippen molar-refractivity contribution in [2.24, 2.45) is 0 Å². The lowest BCUT2D eigenvalue weighted by molar-refractivity contribution is -0.117. The Morgan fingerprint density at radius 1 is 1.22 bits per heavy atom. The molecule has 9 heteroatoms. The highest BCUT2D eigenvalue weighted by molar-refractivity contribution is 7.92. The van der Waals surface area contributed by atoms with Crippen LogP contribution in [-0.4, -0.2) is 34.3 Å². The number of hydrogen-bond acceptors (Lipinski definition) is 4. The number of anilines is 3. The van der Waals surface area contributed by atoms with Crippen LogP contribution in [0.5, 0.6) is 0 Å². The van der Waals surface area contributed by atoms with Gasteiger partial charge in [0.15, 0.2) is 0 Å². The zero-order chi connectivity index (χ0) is 19.9. The molecular formula is C18H18FN3O4S. The molecule has 0 radical (unpaired) electrons. The highest BCUT2D eigenvalue weighted by Gasteiger charge is 2.27. The van der Waals surface area contributed by atoms with Crippen LogP contribution in [0.1, 0.15) is 12.5 Å². The molecule has 0 spiro atoms. The molecule has 0 saturated carbocycles. The average molecular weight is 391 g/mol. The smallest absolute Gasteiger partial charge is 0.261 e. The molecule has 0 bridgehead atoms. The SMILES string of the molecule is CC(=O)N(C)c1ccc(F)cc1NS(=O)(=O)c1ccc2c(c1)CC(=O)N2C. The van der Waals surface area contributed by atoms with E-state index in [-0.39, 0.29) is 34.5 Å². The first-order valence-corrected chi connectivity index (χ1v) is 9.54. The summed E-state index contributed by atoms with van der Waals surface area (Å²) in [4.78, 5) is 26.0. The van der Waals surface area contributed by atoms with E-state index in [4.69, 9.17) is 0 Å². The molecule has 1 aliphatic rings. The van der Waals surface area contributed by atoms with Gasteiger partial charge in [-0.1, -0.05) is 0 Å². The fraction of sp³-hybridized carbons (Fsp3) is 0.222. The summed E-state index contributed by atoms with van der Waals surface area (Å²) in [6, 6.07) is 7.84. The number of nitrogens with zero attached hydrogens (tertiary/aromatic N) is 2. The van der Waals surface area contributed by atoms with Crippen molar-refractivity contribution in [3.63, 3.8) is 0 Å². The second kappa shape index (κ2) is 6.66. The number of hydrogen-bond donors (Lipinski definition) is 1. The quantitative estimate of drug-likeness (QED) is 0.865. The Bertz CT molecular complexity index is 1050. The van der Waals surface area contributed by atoms with Gasteiger partial charge in [-0.2, -0.15) is 0 Å². The number of carbonyl (C=O) groups excluding carboxylic acids is 2. The first-order valence-electron chi connectivity index (χ1n) is 8.06. The van der Waals surface area contributed by atoms with Crippen LogP contribution < -0.4 is 14.5 Å². The highest BCUT2D eigenvalue weighted by Crippen LogP contribution is 2.32. The van der Waals surface area contributed by atoms with E-state index in [9.17, 15) is 22.4 Å². The molecule has 0 saturated heterocycles. The monoisotopic (exact) mass is 391 g/mol. The largest absolute Gasteiger partial charge is 0.315 e. The lowest BCUT2D eigenvalue weighted by Crippen LogP contribution is -2.25. The molecule has 142 valence electrons. The van der Waals surface area contributed by atoms with Crippen molar-refractivity contribution in [3.8, 4) is 0 Å². The van der Waals surface area contributed by atoms with Crippen LogP contribution >= 0.6 is 0 Å². The number of sulfonamides is 1. The Kier molecular flexibility index (Phi) is 4.64. The van der Waals surface area contributed by atoms with Crippen LogP contribution in [0.15, 0.2) is 41.3 Å². The Labute approximate surface area is 156 Å². The summed E-state index contributed by atoms with van der Waals surface area (Å²) >= 11 is 0. The molecular weight excluding hydrogens is 373 g/mol. The van der Waals surface area contributed by atoms with Crippen LogP contribution in [0.3, 0.4) is 0 Å². The van der Waals surface area contributed by atoms with Gasteiger partial charge in [-0.15, -0.1) is 0 Å². The Morgan fingerprint density at radius 2 is 1.93 bits per heavy atom. The van der Waals surface area contributed by atoms with E-state index < -0.39 is 15.8 Å². The van der Waals surface area contributed by atoms with Gasteiger partial charge in [0, 0.05) is 32.8 Å². The molecule has 0 aromatic heterocycles. The van der Waals surface area contributed by atoms with Gasteiger partial charge in [-0.25, -0.2) is 12.8 Å². The van der Waals surface area contributed by atoms with Gasteiger partial charge in [0.2, 0.25) is 11.8 Å². The van der Waals surface area contributed by atoms with Gasteiger partial charge in [-0.3, -0.25) is 14.3 Å². The molecule has 1 heterocycles. The lowest BCUT2D eigenvalue weighted by atomic mass is 10.2. The van der Waals surface area contributed by atoms with E-state index in [1.165, 1.54) is 42.0 Å². The topological polar surface area (TPSA) is 86.8 Å². The van der Waals surface area contributed by atoms with Crippen LogP contribution in [0, 0.1) is 5.82 Å². The maximum absolute atomic E-state index is 13.7. The maximum Gasteiger partial charge on any atom is 0.261 e. The van der Waals surface area contributed by atoms with Gasteiger partial charge in [0.25, 0.3) is 10.0 Å². The third kappa shape index (κ3) is 3.50. The minimum atomic E-state index is -4.05. The highest BCUT2D eigenvalue weighted by atomic mass is 32.2. The van der Waals surface area contributed by atoms with Crippen LogP contribution in [0.2, 0.25) is 0 Å². The van der Waals surface area contributed by atoms with E-state index in [1.54, 1.807) is 13.1 Å². The Balaban J connectivity index is 1.99. The molecule has 7 nitrogen and oxygen atoms in total. The lowest BCUT2D eigenvalue weighted by Gasteiger charge is -2.20. The molecule has 0 unspecified atom stereocenters. The number of carbonyl (C=O) groups is 2. The Morgan fingerprint density at radius 3 is 2.59 bits per heavy atom. The number of halogens is 1. The maximum atomic E-state index is 13.7. The third-order valence-electron chi connectivity index (χ3n) is 4.48. The molecule has 2 aromatic rings. The summed E-state index contributed by atoms with van der Waals surface area (Å²) in [6.45, 7) is 1.32. The number of nitrogens with one attached hydrogen (secondary N) is 1. The van der Waals surface area contributed by atoms with Crippen molar-refractivity contribution in [1.82, 2.24) is 0 Å². The fourth-order valence-electron chi connectivity index (χ4n) is 2.87. The molecule has 1 N–H and O–H groups in total. The van der Waals surface area contributed by atoms with Gasteiger partial charge in [0.05, 0.1) is 22.7 Å². The summed E-state index contributed by atoms with van der Waals surface area (Å²) in [7, 11) is -0.968. The molecule has 1 aliphatic heterocycles. The zero-order valence-electron chi connectivity index (χ0n) is 15.0. The Hall–Kier alpha value is -2.94. The number of amides is 2. The van der Waals surface area contributed by atoms with Crippen molar-refractivity contribution in [3.05, 3.63) is 47.8 Å². The first-order chi connectivity index (χ1) is 12.6. The standard InChI is InChI=1S/C18H18FN3O4S/c1-11(23)21(2)17-6-4-13(19)10-15(17)20-27(25,26)14-5-7-16-12(8-14)9-18(24)22(16)3/h4-8,10,20H,9H2,1-3H3. The average Bonchev–Trinajstić information content (AvgIpc) is 2.88. The van der Waals surface area contributed by atoms with Gasteiger partial charge in [0.1, 0.15) is 5.82 Å². The van der Waals surface area contributed by atoms with Crippen molar-refractivity contribution in [2.45, 2.75) is 18.2 Å². The normalized spacial score (nSPS) is 13.5. The minimum absolute atomic E-state index is 0.0509. The predicted molar refractivity (Wildman–Crippen MR) is 99.8 cm³/mol. The zero-order valence-corrected chi connectivity index (χ0v) is 15.8. The summed E-state index contributed by atoms with van der Waals surface area (Å²) in [5.74, 6) is -1.10. The molecule has 0 atom stereocenters. The van der Waals surface area contributed by atoms with Crippen molar-refractivity contribution >= 4 is 38.9 Å². The third-order valence-corrected chi connectivity index (χ3v) is 5.84. The molecule has 27 heavy (non-hydrogen) atoms. The molecule has 2 amide bonds. The van der Waals surface area contributed by atoms with Crippen molar-refractivity contribution in [1.29, 1.82) is 0 Å². The second-order valence-electron chi connectivity index (χ2n) is 6.27. The summed E-state index contributed by atoms with van der Waals surface area (Å²) < 4.78 is 41.6. The van der Waals surface area contributed by atoms with E-state index in [1.807, 2.05) is 0 Å². The van der Waals surface area contributed by atoms with E-state index >= 15 is 0 Å². The van der Waals surface area contributed by atoms with Crippen LogP contribution in [-0.2, 0) is 26.0 Å². The van der Waals surface area contributed by atoms with Crippen LogP contribution in [0.4, 0.5) is 21.5 Å². The molecule has 3 rings (SSSR count). The number of likely N-dealkylation sites (N-methyl/N-ethyl adjacent to an activating group) is 1. The molecule has 0 fully saturated rings. The second-order valence-corrected chi connectivity index (χ2v) is 7.95. The first kappa shape index (κ1) is 18.8. The predicted octanol–water partition coefficient (Wildman–Crippen LogP) is 2.13. The number of fused-ring (bicyclic) bond motifs is 1.